The van der Waals surface area contributed by atoms with Crippen LogP contribution in [0.3, 0.4) is 0 Å². The van der Waals surface area contributed by atoms with Crippen molar-refractivity contribution in [2.24, 2.45) is 0 Å². The first-order valence-corrected chi connectivity index (χ1v) is 14.5. The van der Waals surface area contributed by atoms with Crippen molar-refractivity contribution in [3.63, 3.8) is 0 Å². The van der Waals surface area contributed by atoms with E-state index in [9.17, 15) is 0 Å². The second-order valence-corrected chi connectivity index (χ2v) is 10.9. The monoisotopic (exact) mass is 561 g/mol. The van der Waals surface area contributed by atoms with E-state index < -0.39 is 0 Å². The Morgan fingerprint density at radius 1 is 0.514 bits per heavy atom. The van der Waals surface area contributed by atoms with Crippen molar-refractivity contribution in [2.75, 3.05) is 0 Å². The molecule has 187 valence electrons. The van der Waals surface area contributed by atoms with E-state index in [0.717, 1.165) is 0 Å². The first-order valence-electron chi connectivity index (χ1n) is 13.1. The van der Waals surface area contributed by atoms with Crippen LogP contribution in [-0.4, -0.2) is 10.2 Å². The molecule has 0 bridgehead atoms. The van der Waals surface area contributed by atoms with Gasteiger partial charge in [-0.05, 0) is 23.7 Å². The van der Waals surface area contributed by atoms with Crippen molar-refractivity contribution in [3.05, 3.63) is 81.9 Å². The standard InChI is InChI=1S/2C16H21.CH5Si.Zr/c2*1-10(2)13-8-14-6-12(5)7-16(14)15(9-13)11(3)4;1-2;/h2*6-11H,1-5H3;2H2,1H3;/q2*-1;;+2. The van der Waals surface area contributed by atoms with Crippen molar-refractivity contribution < 1.29 is 26.2 Å². The van der Waals surface area contributed by atoms with Gasteiger partial charge in [-0.3, -0.25) is 0 Å². The molecule has 0 unspecified atom stereocenters. The fourth-order valence-corrected chi connectivity index (χ4v) is 4.67. The molecular formula is C33H47SiZr. The van der Waals surface area contributed by atoms with E-state index in [0.29, 0.717) is 23.7 Å². The summed E-state index contributed by atoms with van der Waals surface area (Å²) in [5.74, 6) is 2.42. The van der Waals surface area contributed by atoms with Gasteiger partial charge in [0, 0.05) is 10.2 Å². The third kappa shape index (κ3) is 7.87. The van der Waals surface area contributed by atoms with E-state index >= 15 is 0 Å². The zero-order chi connectivity index (χ0) is 25.7. The molecule has 0 aromatic heterocycles. The summed E-state index contributed by atoms with van der Waals surface area (Å²) < 4.78 is 0. The summed E-state index contributed by atoms with van der Waals surface area (Å²) in [6.45, 7) is 24.6. The van der Waals surface area contributed by atoms with Crippen LogP contribution in [0.2, 0.25) is 6.55 Å². The van der Waals surface area contributed by atoms with E-state index in [-0.39, 0.29) is 26.2 Å². The number of hydrogen-bond acceptors (Lipinski definition) is 0. The van der Waals surface area contributed by atoms with E-state index in [1.54, 1.807) is 0 Å². The molecule has 4 rings (SSSR count). The van der Waals surface area contributed by atoms with Gasteiger partial charge in [0.25, 0.3) is 0 Å². The average Bonchev–Trinajstić information content (AvgIpc) is 3.33. The maximum absolute atomic E-state index is 2.39. The minimum atomic E-state index is 0. The van der Waals surface area contributed by atoms with Crippen molar-refractivity contribution in [1.29, 1.82) is 0 Å². The first-order chi connectivity index (χ1) is 16.0. The van der Waals surface area contributed by atoms with Crippen LogP contribution in [0.1, 0.15) is 112 Å². The number of aryl methyl sites for hydroxylation is 2. The Balaban J connectivity index is 0.000000318. The van der Waals surface area contributed by atoms with Crippen LogP contribution in [0.25, 0.3) is 21.5 Å². The molecule has 0 amide bonds. The molecule has 0 heterocycles. The predicted molar refractivity (Wildman–Crippen MR) is 159 cm³/mol. The van der Waals surface area contributed by atoms with Crippen LogP contribution in [0, 0.1) is 13.8 Å². The smallest absolute Gasteiger partial charge is 0.165 e. The minimum absolute atomic E-state index is 0. The Morgan fingerprint density at radius 3 is 1.09 bits per heavy atom. The van der Waals surface area contributed by atoms with E-state index in [1.165, 1.54) is 54.9 Å². The van der Waals surface area contributed by atoms with Crippen LogP contribution >= 0.6 is 0 Å². The van der Waals surface area contributed by atoms with Gasteiger partial charge < -0.3 is 0 Å². The van der Waals surface area contributed by atoms with Crippen LogP contribution in [0.5, 0.6) is 0 Å². The molecule has 2 heteroatoms. The Bertz CT molecular complexity index is 1110. The molecule has 1 radical (unpaired) electrons. The fourth-order valence-electron chi connectivity index (χ4n) is 4.67. The zero-order valence-corrected chi connectivity index (χ0v) is 28.0. The van der Waals surface area contributed by atoms with Gasteiger partial charge >= 0.3 is 26.2 Å². The normalized spacial score (nSPS) is 11.1. The van der Waals surface area contributed by atoms with Crippen LogP contribution in [0.4, 0.5) is 0 Å². The summed E-state index contributed by atoms with van der Waals surface area (Å²) in [4.78, 5) is 0. The van der Waals surface area contributed by atoms with Gasteiger partial charge in [0.05, 0.1) is 0 Å². The largest absolute Gasteiger partial charge is 2.00 e. The molecule has 0 aliphatic rings. The Morgan fingerprint density at radius 2 is 0.829 bits per heavy atom. The minimum Gasteiger partial charge on any atom is -0.165 e. The van der Waals surface area contributed by atoms with Crippen molar-refractivity contribution >= 4 is 31.8 Å². The summed E-state index contributed by atoms with van der Waals surface area (Å²) >= 11 is 0. The Kier molecular flexibility index (Phi) is 12.6. The molecule has 0 atom stereocenters. The quantitative estimate of drug-likeness (QED) is 0.171. The number of fused-ring (bicyclic) bond motifs is 2. The molecular weight excluding hydrogens is 516 g/mol. The maximum Gasteiger partial charge on any atom is 2.00 e. The SMILES string of the molecule is C[SiH2].Cc1cc2c(C(C)C)cc(C(C)C)cc2[cH-]1.Cc1cc2c(C(C)C)cc(C(C)C)cc2[cH-]1.[Zr+2]. The van der Waals surface area contributed by atoms with E-state index in [1.807, 2.05) is 16.8 Å². The third-order valence-electron chi connectivity index (χ3n) is 6.62. The first kappa shape index (κ1) is 31.8. The summed E-state index contributed by atoms with van der Waals surface area (Å²) in [6.07, 6.45) is 0. The number of rotatable bonds is 4. The Labute approximate surface area is 238 Å². The van der Waals surface area contributed by atoms with Crippen molar-refractivity contribution in [3.8, 4) is 0 Å². The summed E-state index contributed by atoms with van der Waals surface area (Å²) in [6, 6.07) is 18.7. The summed E-state index contributed by atoms with van der Waals surface area (Å²) in [5, 5.41) is 5.70. The van der Waals surface area contributed by atoms with Crippen LogP contribution in [-0.2, 0) is 26.2 Å². The molecule has 4 aromatic rings. The molecule has 0 saturated heterocycles. The number of hydrogen-bond donors (Lipinski definition) is 0. The summed E-state index contributed by atoms with van der Waals surface area (Å²) in [5.41, 5.74) is 8.66. The maximum atomic E-state index is 2.39. The van der Waals surface area contributed by atoms with Crippen LogP contribution < -0.4 is 0 Å². The van der Waals surface area contributed by atoms with Gasteiger partial charge in [0.15, 0.2) is 0 Å². The second kappa shape index (κ2) is 13.9. The molecule has 0 N–H and O–H groups in total. The molecule has 0 spiro atoms. The topological polar surface area (TPSA) is 0 Å². The zero-order valence-electron chi connectivity index (χ0n) is 24.1. The molecule has 0 aliphatic carbocycles. The molecule has 4 aromatic carbocycles. The molecule has 35 heavy (non-hydrogen) atoms. The third-order valence-corrected chi connectivity index (χ3v) is 6.62. The van der Waals surface area contributed by atoms with Gasteiger partial charge in [0.2, 0.25) is 0 Å². The molecule has 0 nitrogen and oxygen atoms in total. The summed E-state index contributed by atoms with van der Waals surface area (Å²) in [7, 11) is 1.86. The van der Waals surface area contributed by atoms with Gasteiger partial charge in [-0.1, -0.05) is 110 Å². The van der Waals surface area contributed by atoms with Gasteiger partial charge in [-0.15, -0.1) is 56.9 Å². The molecule has 0 saturated carbocycles. The number of benzene rings is 2. The van der Waals surface area contributed by atoms with Crippen molar-refractivity contribution in [1.82, 2.24) is 0 Å². The molecule has 0 aliphatic heterocycles. The van der Waals surface area contributed by atoms with Gasteiger partial charge in [-0.2, -0.15) is 12.1 Å². The average molecular weight is 563 g/mol. The Hall–Kier alpha value is -1.24. The van der Waals surface area contributed by atoms with E-state index in [4.69, 9.17) is 0 Å². The molecule has 0 fully saturated rings. The predicted octanol–water partition coefficient (Wildman–Crippen LogP) is 9.89. The van der Waals surface area contributed by atoms with Gasteiger partial charge in [0.1, 0.15) is 0 Å². The van der Waals surface area contributed by atoms with Crippen LogP contribution in [0.15, 0.2) is 48.5 Å². The van der Waals surface area contributed by atoms with E-state index in [2.05, 4.69) is 118 Å². The second-order valence-electron chi connectivity index (χ2n) is 10.9. The fraction of sp³-hybridized carbons (Fsp3) is 0.455. The van der Waals surface area contributed by atoms with Crippen molar-refractivity contribution in [2.45, 2.75) is 99.5 Å². The van der Waals surface area contributed by atoms with Gasteiger partial charge in [-0.25, -0.2) is 0 Å².